The highest BCUT2D eigenvalue weighted by molar-refractivity contribution is 5.82. The second-order valence-electron chi connectivity index (χ2n) is 5.37. The lowest BCUT2D eigenvalue weighted by atomic mass is 10.1. The predicted molar refractivity (Wildman–Crippen MR) is 82.1 cm³/mol. The van der Waals surface area contributed by atoms with E-state index in [-0.39, 0.29) is 0 Å². The van der Waals surface area contributed by atoms with Gasteiger partial charge >= 0.3 is 0 Å². The van der Waals surface area contributed by atoms with Crippen molar-refractivity contribution in [1.29, 1.82) is 0 Å². The smallest absolute Gasteiger partial charge is 0.107 e. The maximum atomic E-state index is 4.71. The van der Waals surface area contributed by atoms with Crippen molar-refractivity contribution in [3.8, 4) is 0 Å². The molecule has 2 N–H and O–H groups in total. The zero-order valence-electron chi connectivity index (χ0n) is 11.3. The van der Waals surface area contributed by atoms with E-state index in [0.717, 1.165) is 42.7 Å². The van der Waals surface area contributed by atoms with Crippen LogP contribution < -0.4 is 5.32 Å². The van der Waals surface area contributed by atoms with E-state index < -0.39 is 0 Å². The van der Waals surface area contributed by atoms with E-state index in [1.165, 1.54) is 16.8 Å². The summed E-state index contributed by atoms with van der Waals surface area (Å²) < 4.78 is 0. The summed E-state index contributed by atoms with van der Waals surface area (Å²) in [4.78, 5) is 8.17. The molecule has 20 heavy (non-hydrogen) atoms. The van der Waals surface area contributed by atoms with Gasteiger partial charge in [-0.05, 0) is 36.1 Å². The van der Waals surface area contributed by atoms with Crippen molar-refractivity contribution < 1.29 is 0 Å². The number of benzene rings is 2. The molecule has 0 fully saturated rings. The lowest BCUT2D eigenvalue weighted by Crippen LogP contribution is -1.93. The molecule has 0 aliphatic carbocycles. The first-order valence-corrected chi connectivity index (χ1v) is 7.18. The number of aromatic nitrogens is 2. The second-order valence-corrected chi connectivity index (χ2v) is 5.37. The molecule has 0 saturated carbocycles. The number of aryl methyl sites for hydroxylation is 2. The largest absolute Gasteiger partial charge is 0.384 e. The fourth-order valence-electron chi connectivity index (χ4n) is 2.88. The highest BCUT2D eigenvalue weighted by Gasteiger charge is 2.13. The predicted octanol–water partition coefficient (Wildman–Crippen LogP) is 3.32. The lowest BCUT2D eigenvalue weighted by molar-refractivity contribution is 0.890. The summed E-state index contributed by atoms with van der Waals surface area (Å²) in [5.41, 5.74) is 6.24. The molecule has 4 rings (SSSR count). The molecule has 0 saturated heterocycles. The number of rotatable bonds is 3. The van der Waals surface area contributed by atoms with Gasteiger partial charge in [0.2, 0.25) is 0 Å². The molecule has 0 radical (unpaired) electrons. The van der Waals surface area contributed by atoms with Gasteiger partial charge in [0.15, 0.2) is 0 Å². The van der Waals surface area contributed by atoms with Crippen molar-refractivity contribution in [2.45, 2.75) is 19.3 Å². The number of anilines is 1. The van der Waals surface area contributed by atoms with Crippen LogP contribution in [0.1, 0.15) is 17.0 Å². The summed E-state index contributed by atoms with van der Waals surface area (Å²) in [6, 6.07) is 15.0. The Hall–Kier alpha value is -2.29. The van der Waals surface area contributed by atoms with Crippen LogP contribution >= 0.6 is 0 Å². The standard InChI is InChI=1S/C17H17N3/c1-2-4-12(5-3-1)6-7-17-19-15-10-13-8-9-18-14(13)11-16(15)20-17/h1-5,10-11,18H,6-9H2,(H,19,20). The molecule has 3 aromatic rings. The lowest BCUT2D eigenvalue weighted by Gasteiger charge is -1.98. The Morgan fingerprint density at radius 1 is 1.05 bits per heavy atom. The van der Waals surface area contributed by atoms with Gasteiger partial charge in [-0.3, -0.25) is 0 Å². The number of nitrogens with one attached hydrogen (secondary N) is 2. The highest BCUT2D eigenvalue weighted by atomic mass is 14.9. The fourth-order valence-corrected chi connectivity index (χ4v) is 2.88. The van der Waals surface area contributed by atoms with Crippen LogP contribution in [0.25, 0.3) is 11.0 Å². The Kier molecular flexibility index (Phi) is 2.69. The molecule has 0 spiro atoms. The molecule has 2 aromatic carbocycles. The Bertz CT molecular complexity index is 703. The minimum atomic E-state index is 0.955. The molecule has 1 aliphatic heterocycles. The molecule has 2 heterocycles. The van der Waals surface area contributed by atoms with Crippen molar-refractivity contribution >= 4 is 16.7 Å². The van der Waals surface area contributed by atoms with Gasteiger partial charge in [0.05, 0.1) is 11.0 Å². The third-order valence-electron chi connectivity index (χ3n) is 3.96. The minimum Gasteiger partial charge on any atom is -0.384 e. The average Bonchev–Trinajstić information content (AvgIpc) is 3.08. The first kappa shape index (κ1) is 11.5. The molecule has 3 heteroatoms. The van der Waals surface area contributed by atoms with Gasteiger partial charge in [-0.2, -0.15) is 0 Å². The van der Waals surface area contributed by atoms with E-state index in [1.54, 1.807) is 0 Å². The van der Waals surface area contributed by atoms with Gasteiger partial charge < -0.3 is 10.3 Å². The number of fused-ring (bicyclic) bond motifs is 2. The Morgan fingerprint density at radius 3 is 2.85 bits per heavy atom. The third kappa shape index (κ3) is 2.05. The molecule has 3 nitrogen and oxygen atoms in total. The van der Waals surface area contributed by atoms with Crippen molar-refractivity contribution in [2.24, 2.45) is 0 Å². The van der Waals surface area contributed by atoms with Crippen LogP contribution in [0.2, 0.25) is 0 Å². The summed E-state index contributed by atoms with van der Waals surface area (Å²) in [5, 5.41) is 3.41. The third-order valence-corrected chi connectivity index (χ3v) is 3.96. The monoisotopic (exact) mass is 263 g/mol. The van der Waals surface area contributed by atoms with Crippen LogP contribution in [0.15, 0.2) is 42.5 Å². The molecule has 0 atom stereocenters. The normalized spacial score (nSPS) is 13.4. The van der Waals surface area contributed by atoms with Gasteiger partial charge in [0.25, 0.3) is 0 Å². The van der Waals surface area contributed by atoms with Crippen LogP contribution in [0.3, 0.4) is 0 Å². The Morgan fingerprint density at radius 2 is 1.95 bits per heavy atom. The molecule has 0 amide bonds. The van der Waals surface area contributed by atoms with E-state index in [9.17, 15) is 0 Å². The first-order chi connectivity index (χ1) is 9.88. The van der Waals surface area contributed by atoms with Crippen molar-refractivity contribution in [3.05, 3.63) is 59.4 Å². The number of hydrogen-bond donors (Lipinski definition) is 2. The maximum Gasteiger partial charge on any atom is 0.107 e. The number of H-pyrrole nitrogens is 1. The highest BCUT2D eigenvalue weighted by Crippen LogP contribution is 2.27. The SMILES string of the molecule is c1ccc(CCc2nc3cc4c(cc3[nH]2)CCN4)cc1. The van der Waals surface area contributed by atoms with Crippen molar-refractivity contribution in [3.63, 3.8) is 0 Å². The van der Waals surface area contributed by atoms with Crippen molar-refractivity contribution in [1.82, 2.24) is 9.97 Å². The molecular weight excluding hydrogens is 246 g/mol. The number of aromatic amines is 1. The molecular formula is C17H17N3. The van der Waals surface area contributed by atoms with Crippen molar-refractivity contribution in [2.75, 3.05) is 11.9 Å². The maximum absolute atomic E-state index is 4.71. The van der Waals surface area contributed by atoms with Crippen LogP contribution in [-0.4, -0.2) is 16.5 Å². The summed E-state index contributed by atoms with van der Waals surface area (Å²) in [7, 11) is 0. The molecule has 1 aromatic heterocycles. The number of imidazole rings is 1. The molecule has 1 aliphatic rings. The van der Waals surface area contributed by atoms with Gasteiger partial charge in [-0.15, -0.1) is 0 Å². The summed E-state index contributed by atoms with van der Waals surface area (Å²) in [6.45, 7) is 1.04. The Labute approximate surface area is 118 Å². The van der Waals surface area contributed by atoms with Crippen LogP contribution in [0.5, 0.6) is 0 Å². The van der Waals surface area contributed by atoms with Gasteiger partial charge in [0.1, 0.15) is 5.82 Å². The Balaban J connectivity index is 1.58. The quantitative estimate of drug-likeness (QED) is 0.761. The van der Waals surface area contributed by atoms with Crippen LogP contribution in [0, 0.1) is 0 Å². The topological polar surface area (TPSA) is 40.7 Å². The zero-order valence-corrected chi connectivity index (χ0v) is 11.3. The molecule has 0 bridgehead atoms. The summed E-state index contributed by atoms with van der Waals surface area (Å²) in [6.07, 6.45) is 3.10. The van der Waals surface area contributed by atoms with E-state index in [1.807, 2.05) is 0 Å². The fraction of sp³-hybridized carbons (Fsp3) is 0.235. The van der Waals surface area contributed by atoms with Crippen LogP contribution in [0.4, 0.5) is 5.69 Å². The average molecular weight is 263 g/mol. The zero-order chi connectivity index (χ0) is 13.4. The second kappa shape index (κ2) is 4.67. The summed E-state index contributed by atoms with van der Waals surface area (Å²) >= 11 is 0. The first-order valence-electron chi connectivity index (χ1n) is 7.18. The van der Waals surface area contributed by atoms with Gasteiger partial charge in [-0.25, -0.2) is 4.98 Å². The minimum absolute atomic E-state index is 0.955. The number of hydrogen-bond acceptors (Lipinski definition) is 2. The van der Waals surface area contributed by atoms with E-state index >= 15 is 0 Å². The molecule has 0 unspecified atom stereocenters. The van der Waals surface area contributed by atoms with Gasteiger partial charge in [-0.1, -0.05) is 30.3 Å². The van der Waals surface area contributed by atoms with Gasteiger partial charge in [0, 0.05) is 18.7 Å². The van der Waals surface area contributed by atoms with Crippen LogP contribution in [-0.2, 0) is 19.3 Å². The van der Waals surface area contributed by atoms with E-state index in [0.29, 0.717) is 0 Å². The van der Waals surface area contributed by atoms with E-state index in [4.69, 9.17) is 4.98 Å². The number of nitrogens with zero attached hydrogens (tertiary/aromatic N) is 1. The molecule has 100 valence electrons. The summed E-state index contributed by atoms with van der Waals surface area (Å²) in [5.74, 6) is 1.08. The van der Waals surface area contributed by atoms with E-state index in [2.05, 4.69) is 52.8 Å².